The average Bonchev–Trinajstić information content (AvgIpc) is 2.54. The molecule has 130 valence electrons. The third-order valence-corrected chi connectivity index (χ3v) is 5.69. The summed E-state index contributed by atoms with van der Waals surface area (Å²) >= 11 is 12.3. The summed E-state index contributed by atoms with van der Waals surface area (Å²) in [5.41, 5.74) is 5.35. The van der Waals surface area contributed by atoms with Gasteiger partial charge in [-0.05, 0) is 12.8 Å². The number of hydrazine groups is 1. The van der Waals surface area contributed by atoms with E-state index in [1.54, 1.807) is 0 Å². The number of nitrogens with one attached hydrogen (secondary N) is 3. The molecule has 3 heterocycles. The maximum atomic E-state index is 12.4. The number of nitrogens with zero attached hydrogens (tertiary/aromatic N) is 2. The first-order chi connectivity index (χ1) is 11.0. The predicted molar refractivity (Wildman–Crippen MR) is 88.4 cm³/mol. The van der Waals surface area contributed by atoms with Crippen LogP contribution in [0.15, 0.2) is 0 Å². The fourth-order valence-corrected chi connectivity index (χ4v) is 3.93. The number of carbonyl (C=O) groups excluding carboxylic acids is 2. The molecule has 3 rings (SSSR count). The molecule has 0 saturated carbocycles. The van der Waals surface area contributed by atoms with Crippen molar-refractivity contribution in [2.24, 2.45) is 0 Å². The largest absolute Gasteiger partial charge is 0.339 e. The zero-order chi connectivity index (χ0) is 16.4. The molecule has 9 heteroatoms. The van der Waals surface area contributed by atoms with Gasteiger partial charge in [-0.3, -0.25) is 19.9 Å². The molecule has 2 amide bonds. The second-order valence-corrected chi connectivity index (χ2v) is 7.52. The van der Waals surface area contributed by atoms with E-state index in [1.807, 2.05) is 9.80 Å². The number of hydrogen-bond donors (Lipinski definition) is 3. The minimum absolute atomic E-state index is 0.0981. The van der Waals surface area contributed by atoms with Crippen molar-refractivity contribution >= 4 is 35.0 Å². The highest BCUT2D eigenvalue weighted by molar-refractivity contribution is 6.31. The second-order valence-electron chi connectivity index (χ2n) is 6.43. The van der Waals surface area contributed by atoms with E-state index in [0.717, 1.165) is 32.5 Å². The Morgan fingerprint density at radius 2 is 1.96 bits per heavy atom. The summed E-state index contributed by atoms with van der Waals surface area (Å²) in [5.74, 6) is -0.138. The van der Waals surface area contributed by atoms with E-state index >= 15 is 0 Å². The van der Waals surface area contributed by atoms with Crippen molar-refractivity contribution < 1.29 is 9.59 Å². The SMILES string of the molecule is O=C1NNCC(N2CCN(CC3CCC(Cl)CN3)C(=O)C2)C1Cl. The highest BCUT2D eigenvalue weighted by Crippen LogP contribution is 2.18. The number of amides is 2. The van der Waals surface area contributed by atoms with Crippen molar-refractivity contribution in [3.05, 3.63) is 0 Å². The number of hydrogen-bond acceptors (Lipinski definition) is 5. The monoisotopic (exact) mass is 363 g/mol. The van der Waals surface area contributed by atoms with E-state index in [2.05, 4.69) is 16.2 Å². The molecule has 0 aromatic carbocycles. The summed E-state index contributed by atoms with van der Waals surface area (Å²) in [5, 5.41) is 2.97. The fraction of sp³-hybridized carbons (Fsp3) is 0.857. The first-order valence-electron chi connectivity index (χ1n) is 8.10. The lowest BCUT2D eigenvalue weighted by Crippen LogP contribution is -2.65. The number of rotatable bonds is 3. The quantitative estimate of drug-likeness (QED) is 0.566. The van der Waals surface area contributed by atoms with Gasteiger partial charge in [-0.2, -0.15) is 0 Å². The number of halogens is 2. The minimum atomic E-state index is -0.628. The molecular weight excluding hydrogens is 341 g/mol. The lowest BCUT2D eigenvalue weighted by molar-refractivity contribution is -0.139. The lowest BCUT2D eigenvalue weighted by atomic mass is 10.0. The molecule has 7 nitrogen and oxygen atoms in total. The van der Waals surface area contributed by atoms with Crippen LogP contribution in [-0.4, -0.2) is 83.7 Å². The Balaban J connectivity index is 1.51. The van der Waals surface area contributed by atoms with Gasteiger partial charge in [-0.1, -0.05) is 0 Å². The third kappa shape index (κ3) is 4.09. The Hall–Kier alpha value is -0.600. The molecular formula is C14H23Cl2N5O2. The van der Waals surface area contributed by atoms with Gasteiger partial charge in [0.1, 0.15) is 5.38 Å². The van der Waals surface area contributed by atoms with Gasteiger partial charge in [0.25, 0.3) is 5.91 Å². The predicted octanol–water partition coefficient (Wildman–Crippen LogP) is -0.900. The standard InChI is InChI=1S/C14H23Cl2N5O2/c15-9-1-2-10(17-5-9)7-21-4-3-20(8-12(21)22)11-6-18-19-14(23)13(11)16/h9-11,13,17-18H,1-8H2,(H,19,23). The highest BCUT2D eigenvalue weighted by atomic mass is 35.5. The molecule has 3 saturated heterocycles. The zero-order valence-electron chi connectivity index (χ0n) is 12.9. The molecule has 3 N–H and O–H groups in total. The minimum Gasteiger partial charge on any atom is -0.339 e. The maximum absolute atomic E-state index is 12.4. The number of piperidine rings is 1. The van der Waals surface area contributed by atoms with Crippen LogP contribution >= 0.6 is 23.2 Å². The fourth-order valence-electron chi connectivity index (χ4n) is 3.41. The molecule has 0 aliphatic carbocycles. The molecule has 23 heavy (non-hydrogen) atoms. The van der Waals surface area contributed by atoms with Crippen LogP contribution in [0.2, 0.25) is 0 Å². The van der Waals surface area contributed by atoms with Gasteiger partial charge < -0.3 is 10.2 Å². The van der Waals surface area contributed by atoms with Crippen LogP contribution in [0.25, 0.3) is 0 Å². The summed E-state index contributed by atoms with van der Waals surface area (Å²) in [6.07, 6.45) is 1.99. The van der Waals surface area contributed by atoms with Crippen molar-refractivity contribution in [1.29, 1.82) is 0 Å². The van der Waals surface area contributed by atoms with Crippen LogP contribution in [0.5, 0.6) is 0 Å². The number of piperazine rings is 1. The number of alkyl halides is 2. The molecule has 0 bridgehead atoms. The summed E-state index contributed by atoms with van der Waals surface area (Å²) < 4.78 is 0. The third-order valence-electron chi connectivity index (χ3n) is 4.83. The van der Waals surface area contributed by atoms with E-state index < -0.39 is 5.38 Å². The van der Waals surface area contributed by atoms with E-state index in [9.17, 15) is 9.59 Å². The van der Waals surface area contributed by atoms with Crippen LogP contribution < -0.4 is 16.2 Å². The summed E-state index contributed by atoms with van der Waals surface area (Å²) in [6.45, 7) is 3.80. The van der Waals surface area contributed by atoms with Gasteiger partial charge in [0.05, 0.1) is 6.54 Å². The van der Waals surface area contributed by atoms with Crippen LogP contribution in [-0.2, 0) is 9.59 Å². The normalized spacial score (nSPS) is 36.9. The van der Waals surface area contributed by atoms with Crippen molar-refractivity contribution in [3.8, 4) is 0 Å². The smallest absolute Gasteiger partial charge is 0.253 e. The van der Waals surface area contributed by atoms with E-state index in [1.165, 1.54) is 0 Å². The van der Waals surface area contributed by atoms with Crippen molar-refractivity contribution in [3.63, 3.8) is 0 Å². The molecule has 0 radical (unpaired) electrons. The summed E-state index contributed by atoms with van der Waals surface area (Å²) in [6, 6.07) is 0.171. The van der Waals surface area contributed by atoms with Gasteiger partial charge in [0, 0.05) is 50.2 Å². The average molecular weight is 364 g/mol. The Labute approximate surface area is 146 Å². The zero-order valence-corrected chi connectivity index (χ0v) is 14.4. The van der Waals surface area contributed by atoms with Crippen LogP contribution in [0, 0.1) is 0 Å². The first-order valence-corrected chi connectivity index (χ1v) is 8.98. The van der Waals surface area contributed by atoms with E-state index in [4.69, 9.17) is 23.2 Å². The van der Waals surface area contributed by atoms with Crippen molar-refractivity contribution in [2.45, 2.75) is 35.7 Å². The van der Waals surface area contributed by atoms with E-state index in [0.29, 0.717) is 25.7 Å². The molecule has 0 spiro atoms. The second kappa shape index (κ2) is 7.53. The Kier molecular flexibility index (Phi) is 5.64. The van der Waals surface area contributed by atoms with Gasteiger partial charge in [0.15, 0.2) is 0 Å². The van der Waals surface area contributed by atoms with E-state index in [-0.39, 0.29) is 23.2 Å². The highest BCUT2D eigenvalue weighted by Gasteiger charge is 2.38. The maximum Gasteiger partial charge on any atom is 0.253 e. The lowest BCUT2D eigenvalue weighted by Gasteiger charge is -2.42. The molecule has 0 aromatic heterocycles. The topological polar surface area (TPSA) is 76.7 Å². The Morgan fingerprint density at radius 3 is 2.65 bits per heavy atom. The Morgan fingerprint density at radius 1 is 1.13 bits per heavy atom. The van der Waals surface area contributed by atoms with Gasteiger partial charge in [0.2, 0.25) is 5.91 Å². The first kappa shape index (κ1) is 17.2. The van der Waals surface area contributed by atoms with Crippen LogP contribution in [0.1, 0.15) is 12.8 Å². The summed E-state index contributed by atoms with van der Waals surface area (Å²) in [7, 11) is 0. The summed E-state index contributed by atoms with van der Waals surface area (Å²) in [4.78, 5) is 28.0. The molecule has 4 unspecified atom stereocenters. The van der Waals surface area contributed by atoms with Crippen LogP contribution in [0.4, 0.5) is 0 Å². The van der Waals surface area contributed by atoms with Gasteiger partial charge in [-0.15, -0.1) is 23.2 Å². The van der Waals surface area contributed by atoms with Gasteiger partial charge in [-0.25, -0.2) is 5.43 Å². The number of carbonyl (C=O) groups is 2. The molecule has 0 aromatic rings. The molecule has 3 aliphatic rings. The van der Waals surface area contributed by atoms with Gasteiger partial charge >= 0.3 is 0 Å². The van der Waals surface area contributed by atoms with Crippen molar-refractivity contribution in [1.82, 2.24) is 26.0 Å². The van der Waals surface area contributed by atoms with Crippen LogP contribution in [0.3, 0.4) is 0 Å². The molecule has 3 fully saturated rings. The Bertz CT molecular complexity index is 458. The molecule has 4 atom stereocenters. The van der Waals surface area contributed by atoms with Crippen molar-refractivity contribution in [2.75, 3.05) is 39.3 Å². The molecule has 3 aliphatic heterocycles.